The van der Waals surface area contributed by atoms with Gasteiger partial charge in [0.1, 0.15) is 0 Å². The summed E-state index contributed by atoms with van der Waals surface area (Å²) in [6.45, 7) is 13.1. The van der Waals surface area contributed by atoms with Gasteiger partial charge in [0.05, 0.1) is 44.6 Å². The molecule has 0 aromatic heterocycles. The molecule has 0 amide bonds. The predicted octanol–water partition coefficient (Wildman–Crippen LogP) is 4.01. The topological polar surface area (TPSA) is 51.7 Å². The number of hydrogen-bond acceptors (Lipinski definition) is 4. The molecule has 6 heteroatoms. The largest absolute Gasteiger partial charge is 0.339 e. The van der Waals surface area contributed by atoms with E-state index in [1.165, 1.54) is 5.56 Å². The van der Waals surface area contributed by atoms with Crippen molar-refractivity contribution in [3.05, 3.63) is 58.9 Å². The van der Waals surface area contributed by atoms with Crippen LogP contribution in [0, 0.1) is 31.8 Å². The number of hydrogen-bond donors (Lipinski definition) is 0. The Morgan fingerprint density at radius 2 is 2.00 bits per heavy atom. The van der Waals surface area contributed by atoms with Crippen molar-refractivity contribution in [3.8, 4) is 6.07 Å². The Balaban J connectivity index is 1.92. The summed E-state index contributed by atoms with van der Waals surface area (Å²) >= 11 is 0. The number of benzene rings is 2. The van der Waals surface area contributed by atoms with Crippen LogP contribution in [0.15, 0.2) is 46.2 Å². The Labute approximate surface area is 163 Å². The Hall–Kier alpha value is -2.67. The van der Waals surface area contributed by atoms with Crippen molar-refractivity contribution in [2.45, 2.75) is 30.1 Å². The van der Waals surface area contributed by atoms with Crippen LogP contribution in [-0.2, 0) is 10.8 Å². The van der Waals surface area contributed by atoms with Crippen LogP contribution in [0.4, 0.5) is 11.4 Å². The number of fused-ring (bicyclic) bond motifs is 2. The van der Waals surface area contributed by atoms with Gasteiger partial charge in [0.2, 0.25) is 0 Å². The molecule has 0 bridgehead atoms. The van der Waals surface area contributed by atoms with Gasteiger partial charge in [0, 0.05) is 13.1 Å². The molecule has 1 aliphatic heterocycles. The lowest BCUT2D eigenvalue weighted by molar-refractivity contribution is 0.334. The molecule has 138 valence electrons. The SMILES string of the molecule is [C-]#[N+]CN(CC#N)CCCN1c2ccccc2S(=O)c2ccc(C)c(C)c21. The average molecular weight is 379 g/mol. The fourth-order valence-corrected chi connectivity index (χ4v) is 4.86. The van der Waals surface area contributed by atoms with E-state index in [4.69, 9.17) is 11.8 Å². The lowest BCUT2D eigenvalue weighted by Gasteiger charge is -2.34. The second-order valence-corrected chi connectivity index (χ2v) is 8.02. The first-order valence-electron chi connectivity index (χ1n) is 8.89. The molecule has 2 aromatic rings. The number of para-hydroxylation sites is 1. The van der Waals surface area contributed by atoms with Crippen LogP contribution < -0.4 is 4.90 Å². The second kappa shape index (κ2) is 8.35. The Bertz CT molecular complexity index is 942. The van der Waals surface area contributed by atoms with Crippen molar-refractivity contribution in [3.63, 3.8) is 0 Å². The molecule has 5 nitrogen and oxygen atoms in total. The van der Waals surface area contributed by atoms with Crippen LogP contribution in [0.2, 0.25) is 0 Å². The molecule has 1 aliphatic rings. The molecule has 1 atom stereocenters. The number of rotatable bonds is 6. The van der Waals surface area contributed by atoms with Gasteiger partial charge in [0.15, 0.2) is 0 Å². The molecule has 3 rings (SSSR count). The van der Waals surface area contributed by atoms with Gasteiger partial charge in [-0.15, -0.1) is 0 Å². The molecular formula is C21H22N4OS. The highest BCUT2D eigenvalue weighted by atomic mass is 32.2. The summed E-state index contributed by atoms with van der Waals surface area (Å²) in [6.07, 6.45) is 0.811. The minimum absolute atomic E-state index is 0.239. The highest BCUT2D eigenvalue weighted by molar-refractivity contribution is 7.85. The van der Waals surface area contributed by atoms with E-state index in [9.17, 15) is 4.21 Å². The van der Waals surface area contributed by atoms with Gasteiger partial charge < -0.3 is 4.90 Å². The maximum absolute atomic E-state index is 13.1. The summed E-state index contributed by atoms with van der Waals surface area (Å²) in [4.78, 5) is 9.19. The summed E-state index contributed by atoms with van der Waals surface area (Å²) in [6, 6.07) is 14.0. The van der Waals surface area contributed by atoms with Gasteiger partial charge in [-0.05, 0) is 49.6 Å². The van der Waals surface area contributed by atoms with E-state index in [-0.39, 0.29) is 13.2 Å². The molecule has 0 N–H and O–H groups in total. The van der Waals surface area contributed by atoms with Gasteiger partial charge >= 0.3 is 0 Å². The van der Waals surface area contributed by atoms with Crippen LogP contribution in [0.5, 0.6) is 0 Å². The molecule has 27 heavy (non-hydrogen) atoms. The Morgan fingerprint density at radius 3 is 2.74 bits per heavy atom. The fraction of sp³-hybridized carbons (Fsp3) is 0.333. The fourth-order valence-electron chi connectivity index (χ4n) is 3.42. The summed E-state index contributed by atoms with van der Waals surface area (Å²) < 4.78 is 13.1. The maximum atomic E-state index is 13.1. The van der Waals surface area contributed by atoms with Crippen molar-refractivity contribution in [1.29, 1.82) is 5.26 Å². The van der Waals surface area contributed by atoms with Crippen LogP contribution in [-0.4, -0.2) is 35.4 Å². The van der Waals surface area contributed by atoms with E-state index in [0.29, 0.717) is 6.54 Å². The van der Waals surface area contributed by atoms with Gasteiger partial charge in [0.25, 0.3) is 6.67 Å². The molecule has 0 spiro atoms. The van der Waals surface area contributed by atoms with Crippen LogP contribution in [0.1, 0.15) is 17.5 Å². The molecule has 0 aliphatic carbocycles. The molecule has 1 unspecified atom stereocenters. The number of nitriles is 1. The lowest BCUT2D eigenvalue weighted by atomic mass is 10.1. The van der Waals surface area contributed by atoms with Crippen molar-refractivity contribution < 1.29 is 4.21 Å². The molecular weight excluding hydrogens is 356 g/mol. The smallest absolute Gasteiger partial charge is 0.271 e. The van der Waals surface area contributed by atoms with Gasteiger partial charge in [-0.1, -0.05) is 18.2 Å². The summed E-state index contributed by atoms with van der Waals surface area (Å²) in [7, 11) is -1.18. The molecule has 2 aromatic carbocycles. The van der Waals surface area contributed by atoms with Crippen molar-refractivity contribution >= 4 is 22.2 Å². The Morgan fingerprint density at radius 1 is 1.22 bits per heavy atom. The third kappa shape index (κ3) is 3.73. The van der Waals surface area contributed by atoms with Crippen LogP contribution in [0.25, 0.3) is 4.85 Å². The number of anilines is 2. The third-order valence-electron chi connectivity index (χ3n) is 4.91. The molecule has 0 fully saturated rings. The van der Waals surface area contributed by atoms with Crippen LogP contribution >= 0.6 is 0 Å². The quantitative estimate of drug-likeness (QED) is 0.563. The van der Waals surface area contributed by atoms with E-state index in [1.54, 1.807) is 0 Å². The third-order valence-corrected chi connectivity index (χ3v) is 6.38. The first-order chi connectivity index (χ1) is 13.1. The van der Waals surface area contributed by atoms with Crippen LogP contribution in [0.3, 0.4) is 0 Å². The zero-order valence-corrected chi connectivity index (χ0v) is 16.4. The van der Waals surface area contributed by atoms with Gasteiger partial charge in [-0.2, -0.15) is 5.26 Å². The van der Waals surface area contributed by atoms with E-state index in [0.717, 1.165) is 39.7 Å². The first kappa shape index (κ1) is 19.1. The number of aryl methyl sites for hydroxylation is 1. The van der Waals surface area contributed by atoms with E-state index < -0.39 is 10.8 Å². The minimum atomic E-state index is -1.18. The summed E-state index contributed by atoms with van der Waals surface area (Å²) in [5.41, 5.74) is 4.33. The minimum Gasteiger partial charge on any atom is -0.339 e. The highest BCUT2D eigenvalue weighted by Gasteiger charge is 2.29. The van der Waals surface area contributed by atoms with Crippen molar-refractivity contribution in [1.82, 2.24) is 4.90 Å². The molecule has 0 saturated carbocycles. The van der Waals surface area contributed by atoms with E-state index >= 15 is 0 Å². The maximum Gasteiger partial charge on any atom is 0.271 e. The molecule has 0 radical (unpaired) electrons. The zero-order chi connectivity index (χ0) is 19.4. The zero-order valence-electron chi connectivity index (χ0n) is 15.6. The van der Waals surface area contributed by atoms with Crippen molar-refractivity contribution in [2.75, 3.05) is 31.2 Å². The first-order valence-corrected chi connectivity index (χ1v) is 10.0. The monoisotopic (exact) mass is 378 g/mol. The second-order valence-electron chi connectivity index (χ2n) is 6.61. The summed E-state index contributed by atoms with van der Waals surface area (Å²) in [5.74, 6) is 0. The number of nitrogens with zero attached hydrogens (tertiary/aromatic N) is 4. The van der Waals surface area contributed by atoms with Gasteiger partial charge in [-0.3, -0.25) is 4.85 Å². The average Bonchev–Trinajstić information content (AvgIpc) is 2.67. The van der Waals surface area contributed by atoms with Crippen molar-refractivity contribution in [2.24, 2.45) is 0 Å². The predicted molar refractivity (Wildman–Crippen MR) is 107 cm³/mol. The van der Waals surface area contributed by atoms with E-state index in [1.807, 2.05) is 41.3 Å². The van der Waals surface area contributed by atoms with E-state index in [2.05, 4.69) is 29.7 Å². The Kier molecular flexibility index (Phi) is 5.91. The summed E-state index contributed by atoms with van der Waals surface area (Å²) in [5, 5.41) is 8.93. The molecule has 1 heterocycles. The van der Waals surface area contributed by atoms with Gasteiger partial charge in [-0.25, -0.2) is 15.7 Å². The normalized spacial score (nSPS) is 15.0. The standard InChI is InChI=1S/C21H22N4OS/c1-16-9-10-20-21(17(16)2)25(13-6-12-24(14-11-22)15-23-3)18-7-4-5-8-19(18)27(20)26/h4-5,7-10H,6,12-15H2,1-2H3. The molecule has 0 saturated heterocycles. The highest BCUT2D eigenvalue weighted by Crippen LogP contribution is 2.44. The lowest BCUT2D eigenvalue weighted by Crippen LogP contribution is -2.30.